The van der Waals surface area contributed by atoms with Crippen molar-refractivity contribution < 1.29 is 13.5 Å². The molecule has 0 radical (unpaired) electrons. The van der Waals surface area contributed by atoms with E-state index in [9.17, 15) is 13.5 Å². The predicted octanol–water partition coefficient (Wildman–Crippen LogP) is 0.0281. The molecule has 0 atom stereocenters. The van der Waals surface area contributed by atoms with E-state index in [1.807, 2.05) is 13.8 Å². The Balaban J connectivity index is 2.00. The summed E-state index contributed by atoms with van der Waals surface area (Å²) >= 11 is 0. The summed E-state index contributed by atoms with van der Waals surface area (Å²) in [6, 6.07) is -0.0559. The summed E-state index contributed by atoms with van der Waals surface area (Å²) in [6.45, 7) is 4.20. The van der Waals surface area contributed by atoms with E-state index >= 15 is 0 Å². The van der Waals surface area contributed by atoms with Crippen molar-refractivity contribution in [3.05, 3.63) is 0 Å². The Morgan fingerprint density at radius 3 is 2.25 bits per heavy atom. The fraction of sp³-hybridized carbons (Fsp3) is 1.00. The molecule has 1 saturated heterocycles. The number of hydrogen-bond donors (Lipinski definition) is 1. The first kappa shape index (κ1) is 12.3. The molecular formula is C10H20N2O3S. The molecule has 1 aliphatic heterocycles. The van der Waals surface area contributed by atoms with Crippen LogP contribution in [0, 0.1) is 5.92 Å². The van der Waals surface area contributed by atoms with Crippen LogP contribution in [-0.2, 0) is 10.2 Å². The van der Waals surface area contributed by atoms with Gasteiger partial charge in [0.2, 0.25) is 0 Å². The third-order valence-corrected chi connectivity index (χ3v) is 5.72. The lowest BCUT2D eigenvalue weighted by Gasteiger charge is -2.47. The Bertz CT molecular complexity index is 370. The molecule has 1 aliphatic carbocycles. The quantitative estimate of drug-likeness (QED) is 0.763. The summed E-state index contributed by atoms with van der Waals surface area (Å²) in [4.78, 5) is 0. The molecule has 6 heteroatoms. The van der Waals surface area contributed by atoms with Gasteiger partial charge in [-0.1, -0.05) is 0 Å². The summed E-state index contributed by atoms with van der Waals surface area (Å²) < 4.78 is 26.8. The van der Waals surface area contributed by atoms with Crippen LogP contribution >= 0.6 is 0 Å². The Kier molecular flexibility index (Phi) is 2.81. The van der Waals surface area contributed by atoms with Gasteiger partial charge in [0.05, 0.1) is 5.60 Å². The van der Waals surface area contributed by atoms with Crippen molar-refractivity contribution in [1.29, 1.82) is 0 Å². The van der Waals surface area contributed by atoms with E-state index in [-0.39, 0.29) is 19.1 Å². The van der Waals surface area contributed by atoms with E-state index in [2.05, 4.69) is 0 Å². The Hall–Kier alpha value is -0.170. The zero-order valence-electron chi connectivity index (χ0n) is 10.0. The minimum absolute atomic E-state index is 0.0559. The maximum atomic E-state index is 12.0. The average molecular weight is 248 g/mol. The van der Waals surface area contributed by atoms with Crippen molar-refractivity contribution in [3.63, 3.8) is 0 Å². The van der Waals surface area contributed by atoms with Crippen LogP contribution in [0.5, 0.6) is 0 Å². The van der Waals surface area contributed by atoms with Crippen LogP contribution in [0.1, 0.15) is 26.7 Å². The molecule has 0 spiro atoms. The van der Waals surface area contributed by atoms with Crippen molar-refractivity contribution in [2.45, 2.75) is 38.3 Å². The summed E-state index contributed by atoms with van der Waals surface area (Å²) in [7, 11) is -1.79. The highest BCUT2D eigenvalue weighted by atomic mass is 32.2. The van der Waals surface area contributed by atoms with Gasteiger partial charge >= 0.3 is 0 Å². The molecule has 0 unspecified atom stereocenters. The van der Waals surface area contributed by atoms with Crippen molar-refractivity contribution in [3.8, 4) is 0 Å². The fourth-order valence-corrected chi connectivity index (χ4v) is 3.73. The molecular weight excluding hydrogens is 228 g/mol. The Morgan fingerprint density at radius 1 is 1.38 bits per heavy atom. The van der Waals surface area contributed by atoms with Crippen LogP contribution in [0.2, 0.25) is 0 Å². The lowest BCUT2D eigenvalue weighted by atomic mass is 9.91. The highest BCUT2D eigenvalue weighted by Crippen LogP contribution is 2.45. The molecule has 1 N–H and O–H groups in total. The van der Waals surface area contributed by atoms with Crippen LogP contribution in [-0.4, -0.2) is 53.9 Å². The van der Waals surface area contributed by atoms with Crippen LogP contribution in [0.3, 0.4) is 0 Å². The van der Waals surface area contributed by atoms with E-state index in [4.69, 9.17) is 0 Å². The van der Waals surface area contributed by atoms with Gasteiger partial charge in [-0.05, 0) is 32.6 Å². The number of nitrogens with zero attached hydrogens (tertiary/aromatic N) is 2. The largest absolute Gasteiger partial charge is 0.387 e. The van der Waals surface area contributed by atoms with Crippen LogP contribution in [0.4, 0.5) is 0 Å². The molecule has 2 fully saturated rings. The maximum Gasteiger partial charge on any atom is 0.282 e. The second kappa shape index (κ2) is 3.66. The van der Waals surface area contributed by atoms with Gasteiger partial charge in [0.25, 0.3) is 10.2 Å². The van der Waals surface area contributed by atoms with Crippen molar-refractivity contribution in [1.82, 2.24) is 8.61 Å². The first-order valence-electron chi connectivity index (χ1n) is 5.73. The highest BCUT2D eigenvalue weighted by Gasteiger charge is 2.55. The lowest BCUT2D eigenvalue weighted by Crippen LogP contribution is -2.66. The van der Waals surface area contributed by atoms with E-state index in [1.54, 1.807) is 7.05 Å². The van der Waals surface area contributed by atoms with E-state index in [0.29, 0.717) is 5.92 Å². The highest BCUT2D eigenvalue weighted by molar-refractivity contribution is 7.86. The summed E-state index contributed by atoms with van der Waals surface area (Å²) in [5, 5.41) is 10.1. The number of aliphatic hydroxyl groups is 1. The molecule has 94 valence electrons. The molecule has 1 saturated carbocycles. The zero-order valence-corrected chi connectivity index (χ0v) is 10.9. The van der Waals surface area contributed by atoms with E-state index in [0.717, 1.165) is 12.8 Å². The molecule has 16 heavy (non-hydrogen) atoms. The first-order valence-corrected chi connectivity index (χ1v) is 7.12. The Labute approximate surface area is 97.2 Å². The number of hydrogen-bond acceptors (Lipinski definition) is 3. The minimum Gasteiger partial charge on any atom is -0.387 e. The standard InChI is InChI=1S/C10H20N2O3S/c1-8(2)11(3)16(14,15)12-6-10(13,7-12)9-4-5-9/h8-9,13H,4-7H2,1-3H3. The summed E-state index contributed by atoms with van der Waals surface area (Å²) in [5.74, 6) is 0.323. The molecule has 0 aromatic heterocycles. The molecule has 0 aromatic carbocycles. The van der Waals surface area contributed by atoms with Gasteiger partial charge in [-0.25, -0.2) is 0 Å². The monoisotopic (exact) mass is 248 g/mol. The lowest BCUT2D eigenvalue weighted by molar-refractivity contribution is -0.0785. The fourth-order valence-electron chi connectivity index (χ4n) is 2.06. The van der Waals surface area contributed by atoms with Gasteiger partial charge in [-0.3, -0.25) is 0 Å². The van der Waals surface area contributed by atoms with Crippen LogP contribution in [0.15, 0.2) is 0 Å². The molecule has 0 bridgehead atoms. The molecule has 2 rings (SSSR count). The topological polar surface area (TPSA) is 60.9 Å². The van der Waals surface area contributed by atoms with Gasteiger partial charge in [-0.15, -0.1) is 0 Å². The van der Waals surface area contributed by atoms with E-state index < -0.39 is 15.8 Å². The SMILES string of the molecule is CC(C)N(C)S(=O)(=O)N1CC(O)(C2CC2)C1. The van der Waals surface area contributed by atoms with Crippen molar-refractivity contribution in [2.24, 2.45) is 5.92 Å². The summed E-state index contributed by atoms with van der Waals surface area (Å²) in [6.07, 6.45) is 2.06. The smallest absolute Gasteiger partial charge is 0.282 e. The molecule has 5 nitrogen and oxygen atoms in total. The van der Waals surface area contributed by atoms with Crippen molar-refractivity contribution >= 4 is 10.2 Å². The summed E-state index contributed by atoms with van der Waals surface area (Å²) in [5.41, 5.74) is -0.745. The van der Waals surface area contributed by atoms with Crippen LogP contribution in [0.25, 0.3) is 0 Å². The van der Waals surface area contributed by atoms with Gasteiger partial charge in [0.15, 0.2) is 0 Å². The second-order valence-corrected chi connectivity index (χ2v) is 7.25. The zero-order chi connectivity index (χ0) is 12.1. The third-order valence-electron chi connectivity index (χ3n) is 3.66. The molecule has 1 heterocycles. The molecule has 2 aliphatic rings. The average Bonchev–Trinajstić information content (AvgIpc) is 2.94. The van der Waals surface area contributed by atoms with Crippen molar-refractivity contribution in [2.75, 3.05) is 20.1 Å². The van der Waals surface area contributed by atoms with Crippen LogP contribution < -0.4 is 0 Å². The van der Waals surface area contributed by atoms with Gasteiger partial charge in [0, 0.05) is 26.2 Å². The number of rotatable bonds is 4. The predicted molar refractivity (Wildman–Crippen MR) is 61.1 cm³/mol. The Morgan fingerprint density at radius 2 is 1.88 bits per heavy atom. The second-order valence-electron chi connectivity index (χ2n) is 5.26. The van der Waals surface area contributed by atoms with E-state index in [1.165, 1.54) is 8.61 Å². The molecule has 0 aromatic rings. The normalized spacial score (nSPS) is 26.1. The third kappa shape index (κ3) is 1.88. The molecule has 0 amide bonds. The van der Waals surface area contributed by atoms with Gasteiger partial charge in [-0.2, -0.15) is 17.0 Å². The van der Waals surface area contributed by atoms with Gasteiger partial charge < -0.3 is 5.11 Å². The first-order chi connectivity index (χ1) is 7.27. The number of β-amino-alcohol motifs (C(OH)–C–C–N with tert-alkyl or cyclic N) is 1. The maximum absolute atomic E-state index is 12.0. The van der Waals surface area contributed by atoms with Gasteiger partial charge in [0.1, 0.15) is 0 Å². The minimum atomic E-state index is -3.37.